The number of ether oxygens (including phenoxy) is 1. The molecule has 1 aliphatic rings. The van der Waals surface area contributed by atoms with Gasteiger partial charge in [-0.05, 0) is 84.9 Å². The van der Waals surface area contributed by atoms with Gasteiger partial charge in [0, 0.05) is 5.39 Å². The average molecular weight is 408 g/mol. The molecular weight excluding hydrogens is 382 g/mol. The normalized spacial score (nSPS) is 19.0. The molecule has 0 unspecified atom stereocenters. The summed E-state index contributed by atoms with van der Waals surface area (Å²) < 4.78 is 32.6. The molecule has 1 saturated carbocycles. The second-order valence-electron chi connectivity index (χ2n) is 8.26. The molecule has 0 amide bonds. The third-order valence-electron chi connectivity index (χ3n) is 6.25. The van der Waals surface area contributed by atoms with Gasteiger partial charge in [0.15, 0.2) is 11.6 Å². The third-order valence-corrected chi connectivity index (χ3v) is 6.25. The number of carbonyl (C=O) groups excluding carboxylic acids is 1. The molecule has 0 N–H and O–H groups in total. The molecule has 4 heteroatoms. The molecule has 30 heavy (non-hydrogen) atoms. The number of benzene rings is 3. The van der Waals surface area contributed by atoms with Gasteiger partial charge in [-0.3, -0.25) is 0 Å². The maximum atomic E-state index is 13.8. The van der Waals surface area contributed by atoms with Crippen LogP contribution in [0.25, 0.3) is 10.8 Å². The van der Waals surface area contributed by atoms with E-state index in [2.05, 4.69) is 6.92 Å². The third kappa shape index (κ3) is 4.38. The number of hydrogen-bond donors (Lipinski definition) is 0. The Morgan fingerprint density at radius 3 is 2.40 bits per heavy atom. The number of rotatable bonds is 5. The van der Waals surface area contributed by atoms with Gasteiger partial charge in [0.25, 0.3) is 0 Å². The molecule has 0 radical (unpaired) electrons. The molecule has 0 saturated heterocycles. The van der Waals surface area contributed by atoms with Crippen LogP contribution in [0.4, 0.5) is 8.78 Å². The van der Waals surface area contributed by atoms with Crippen LogP contribution in [-0.2, 0) is 0 Å². The van der Waals surface area contributed by atoms with Crippen molar-refractivity contribution in [3.8, 4) is 5.75 Å². The van der Waals surface area contributed by atoms with Gasteiger partial charge in [0.1, 0.15) is 5.75 Å². The lowest BCUT2D eigenvalue weighted by atomic mass is 9.77. The fraction of sp³-hybridized carbons (Fsp3) is 0.346. The van der Waals surface area contributed by atoms with Crippen LogP contribution in [-0.4, -0.2) is 5.97 Å². The van der Waals surface area contributed by atoms with Gasteiger partial charge in [-0.2, -0.15) is 0 Å². The van der Waals surface area contributed by atoms with Gasteiger partial charge in [0.2, 0.25) is 0 Å². The van der Waals surface area contributed by atoms with Gasteiger partial charge >= 0.3 is 5.97 Å². The zero-order valence-corrected chi connectivity index (χ0v) is 17.2. The maximum Gasteiger partial charge on any atom is 0.343 e. The first-order chi connectivity index (χ1) is 14.5. The van der Waals surface area contributed by atoms with E-state index in [-0.39, 0.29) is 5.39 Å². The van der Waals surface area contributed by atoms with E-state index in [0.717, 1.165) is 12.0 Å². The largest absolute Gasteiger partial charge is 0.423 e. The van der Waals surface area contributed by atoms with Crippen molar-refractivity contribution in [3.05, 3.63) is 77.4 Å². The van der Waals surface area contributed by atoms with Crippen molar-refractivity contribution in [1.29, 1.82) is 0 Å². The number of fused-ring (bicyclic) bond motifs is 1. The Morgan fingerprint density at radius 2 is 1.70 bits per heavy atom. The van der Waals surface area contributed by atoms with Crippen LogP contribution in [0.5, 0.6) is 5.75 Å². The van der Waals surface area contributed by atoms with E-state index in [0.29, 0.717) is 22.6 Å². The van der Waals surface area contributed by atoms with E-state index in [1.807, 2.05) is 24.3 Å². The molecule has 0 aliphatic heterocycles. The van der Waals surface area contributed by atoms with Crippen LogP contribution in [0.15, 0.2) is 54.6 Å². The van der Waals surface area contributed by atoms with E-state index in [1.165, 1.54) is 62.3 Å². The summed E-state index contributed by atoms with van der Waals surface area (Å²) in [5.41, 5.74) is 1.76. The number of esters is 1. The molecule has 2 nitrogen and oxygen atoms in total. The summed E-state index contributed by atoms with van der Waals surface area (Å²) in [6.07, 6.45) is 7.58. The zero-order valence-electron chi connectivity index (χ0n) is 17.2. The van der Waals surface area contributed by atoms with Crippen molar-refractivity contribution in [2.45, 2.75) is 51.4 Å². The predicted octanol–water partition coefficient (Wildman–Crippen LogP) is 7.41. The van der Waals surface area contributed by atoms with Crippen LogP contribution >= 0.6 is 0 Å². The van der Waals surface area contributed by atoms with Crippen LogP contribution in [0.3, 0.4) is 0 Å². The molecule has 0 spiro atoms. The Kier molecular flexibility index (Phi) is 6.12. The minimum absolute atomic E-state index is 0.160. The minimum atomic E-state index is -0.898. The lowest BCUT2D eigenvalue weighted by Gasteiger charge is -2.28. The Labute approximate surface area is 175 Å². The highest BCUT2D eigenvalue weighted by molar-refractivity contribution is 5.92. The van der Waals surface area contributed by atoms with E-state index in [1.54, 1.807) is 6.07 Å². The fourth-order valence-electron chi connectivity index (χ4n) is 4.56. The summed E-state index contributed by atoms with van der Waals surface area (Å²) in [6.45, 7) is 2.25. The monoisotopic (exact) mass is 408 g/mol. The molecule has 0 bridgehead atoms. The topological polar surface area (TPSA) is 26.3 Å². The highest BCUT2D eigenvalue weighted by Gasteiger charge is 2.22. The van der Waals surface area contributed by atoms with Crippen LogP contribution in [0.1, 0.15) is 67.3 Å². The molecular formula is C26H26F2O2. The average Bonchev–Trinajstić information content (AvgIpc) is 2.77. The first-order valence-electron chi connectivity index (χ1n) is 10.7. The smallest absolute Gasteiger partial charge is 0.343 e. The van der Waals surface area contributed by atoms with Gasteiger partial charge in [-0.1, -0.05) is 38.0 Å². The summed E-state index contributed by atoms with van der Waals surface area (Å²) in [4.78, 5) is 12.5. The van der Waals surface area contributed by atoms with E-state index < -0.39 is 17.6 Å². The number of halogens is 2. The number of carbonyl (C=O) groups is 1. The minimum Gasteiger partial charge on any atom is -0.423 e. The highest BCUT2D eigenvalue weighted by Crippen LogP contribution is 2.37. The Morgan fingerprint density at radius 1 is 0.967 bits per heavy atom. The van der Waals surface area contributed by atoms with Crippen molar-refractivity contribution < 1.29 is 18.3 Å². The molecule has 4 rings (SSSR count). The Bertz CT molecular complexity index is 1030. The van der Waals surface area contributed by atoms with Crippen molar-refractivity contribution in [2.75, 3.05) is 0 Å². The first kappa shape index (κ1) is 20.5. The van der Waals surface area contributed by atoms with E-state index in [9.17, 15) is 13.6 Å². The summed E-state index contributed by atoms with van der Waals surface area (Å²) in [7, 11) is 0. The van der Waals surface area contributed by atoms with Gasteiger partial charge < -0.3 is 4.74 Å². The van der Waals surface area contributed by atoms with E-state index >= 15 is 0 Å². The summed E-state index contributed by atoms with van der Waals surface area (Å²) in [5, 5.41) is 0.640. The highest BCUT2D eigenvalue weighted by atomic mass is 19.2. The predicted molar refractivity (Wildman–Crippen MR) is 115 cm³/mol. The lowest BCUT2D eigenvalue weighted by molar-refractivity contribution is 0.0735. The van der Waals surface area contributed by atoms with Crippen LogP contribution in [0.2, 0.25) is 0 Å². The maximum absolute atomic E-state index is 13.8. The van der Waals surface area contributed by atoms with Crippen LogP contribution < -0.4 is 4.74 Å². The zero-order chi connectivity index (χ0) is 21.1. The molecule has 1 aliphatic carbocycles. The standard InChI is InChI=1S/C26H26F2O2/c1-2-3-17-4-6-18(7-5-17)19-8-10-20(11-9-19)26(29)30-22-13-14-23-21(16-22)12-15-24(27)25(23)28/h8-18H,2-7H2,1H3. The molecule has 0 atom stereocenters. The quantitative estimate of drug-likeness (QED) is 0.324. The second-order valence-corrected chi connectivity index (χ2v) is 8.26. The van der Waals surface area contributed by atoms with Gasteiger partial charge in [0.05, 0.1) is 5.56 Å². The molecule has 3 aromatic rings. The SMILES string of the molecule is CCCC1CCC(c2ccc(C(=O)Oc3ccc4c(F)c(F)ccc4c3)cc2)CC1. The molecule has 1 fully saturated rings. The molecule has 0 heterocycles. The van der Waals surface area contributed by atoms with Crippen molar-refractivity contribution >= 4 is 16.7 Å². The van der Waals surface area contributed by atoms with Gasteiger partial charge in [-0.15, -0.1) is 0 Å². The summed E-state index contributed by atoms with van der Waals surface area (Å²) in [5.74, 6) is -0.519. The Hall–Kier alpha value is -2.75. The van der Waals surface area contributed by atoms with Crippen molar-refractivity contribution in [2.24, 2.45) is 5.92 Å². The van der Waals surface area contributed by atoms with E-state index in [4.69, 9.17) is 4.74 Å². The van der Waals surface area contributed by atoms with Crippen LogP contribution in [0, 0.1) is 17.6 Å². The second kappa shape index (κ2) is 8.95. The number of hydrogen-bond acceptors (Lipinski definition) is 2. The Balaban J connectivity index is 1.42. The molecule has 0 aromatic heterocycles. The van der Waals surface area contributed by atoms with Gasteiger partial charge in [-0.25, -0.2) is 13.6 Å². The first-order valence-corrected chi connectivity index (χ1v) is 10.7. The molecule has 3 aromatic carbocycles. The lowest BCUT2D eigenvalue weighted by Crippen LogP contribution is -2.13. The van der Waals surface area contributed by atoms with Crippen molar-refractivity contribution in [3.63, 3.8) is 0 Å². The molecule has 156 valence electrons. The summed E-state index contributed by atoms with van der Waals surface area (Å²) in [6, 6.07) is 14.7. The summed E-state index contributed by atoms with van der Waals surface area (Å²) >= 11 is 0. The fourth-order valence-corrected chi connectivity index (χ4v) is 4.56. The van der Waals surface area contributed by atoms with Crippen molar-refractivity contribution in [1.82, 2.24) is 0 Å².